The van der Waals surface area contributed by atoms with Crippen molar-refractivity contribution in [3.8, 4) is 39.6 Å². The van der Waals surface area contributed by atoms with Crippen LogP contribution < -0.4 is 0 Å². The number of nitrogens with zero attached hydrogens (tertiary/aromatic N) is 2. The molecule has 0 aliphatic heterocycles. The van der Waals surface area contributed by atoms with Gasteiger partial charge in [0.2, 0.25) is 0 Å². The lowest BCUT2D eigenvalue weighted by Crippen LogP contribution is -1.95. The Labute approximate surface area is 289 Å². The second kappa shape index (κ2) is 11.1. The highest BCUT2D eigenvalue weighted by atomic mass is 14.7. The van der Waals surface area contributed by atoms with E-state index in [0.717, 1.165) is 55.0 Å². The van der Waals surface area contributed by atoms with Crippen molar-refractivity contribution in [2.75, 3.05) is 0 Å². The van der Waals surface area contributed by atoms with Crippen molar-refractivity contribution in [2.24, 2.45) is 0 Å². The molecule has 0 unspecified atom stereocenters. The van der Waals surface area contributed by atoms with Crippen LogP contribution in [0.25, 0.3) is 98.3 Å². The largest absolute Gasteiger partial charge is 0.247 e. The molecule has 0 N–H and O–H groups in total. The van der Waals surface area contributed by atoms with E-state index in [9.17, 15) is 5.26 Å². The molecule has 0 amide bonds. The van der Waals surface area contributed by atoms with Gasteiger partial charge in [-0.3, -0.25) is 0 Å². The van der Waals surface area contributed by atoms with Crippen molar-refractivity contribution in [2.45, 2.75) is 0 Å². The molecule has 9 aromatic carbocycles. The number of hydrogen-bond donors (Lipinski definition) is 0. The summed E-state index contributed by atoms with van der Waals surface area (Å²) in [5.41, 5.74) is 7.75. The number of pyridine rings is 1. The van der Waals surface area contributed by atoms with Crippen LogP contribution in [-0.4, -0.2) is 4.98 Å². The van der Waals surface area contributed by atoms with Crippen molar-refractivity contribution >= 4 is 64.8 Å². The van der Waals surface area contributed by atoms with Gasteiger partial charge in [-0.1, -0.05) is 140 Å². The molecule has 1 heterocycles. The van der Waals surface area contributed by atoms with Crippen molar-refractivity contribution in [3.63, 3.8) is 0 Å². The fraction of sp³-hybridized carbons (Fsp3) is 0. The predicted octanol–water partition coefficient (Wildman–Crippen LogP) is 12.9. The Balaban J connectivity index is 1.37. The van der Waals surface area contributed by atoms with Crippen molar-refractivity contribution in [1.82, 2.24) is 4.98 Å². The van der Waals surface area contributed by atoms with Crippen LogP contribution in [0.15, 0.2) is 170 Å². The molecule has 10 aromatic rings. The van der Waals surface area contributed by atoms with Gasteiger partial charge in [-0.25, -0.2) is 4.98 Å². The summed E-state index contributed by atoms with van der Waals surface area (Å²) in [6, 6.07) is 62.6. The Hall–Kier alpha value is -6.82. The summed E-state index contributed by atoms with van der Waals surface area (Å²) in [6.45, 7) is 0. The topological polar surface area (TPSA) is 36.7 Å². The first-order chi connectivity index (χ1) is 24.8. The highest BCUT2D eigenvalue weighted by Crippen LogP contribution is 2.45. The molecule has 0 aliphatic carbocycles. The first-order valence-corrected chi connectivity index (χ1v) is 16.9. The number of benzene rings is 9. The fourth-order valence-corrected chi connectivity index (χ4v) is 8.00. The number of fused-ring (bicyclic) bond motifs is 9. The summed E-state index contributed by atoms with van der Waals surface area (Å²) in [5.74, 6) is 0. The van der Waals surface area contributed by atoms with E-state index < -0.39 is 0 Å². The molecule has 0 saturated carbocycles. The molecule has 2 nitrogen and oxygen atoms in total. The van der Waals surface area contributed by atoms with Crippen LogP contribution in [0.4, 0.5) is 0 Å². The number of aromatic nitrogens is 1. The summed E-state index contributed by atoms with van der Waals surface area (Å²) in [6.07, 6.45) is 0. The summed E-state index contributed by atoms with van der Waals surface area (Å²) in [7, 11) is 0. The maximum atomic E-state index is 10.4. The summed E-state index contributed by atoms with van der Waals surface area (Å²) < 4.78 is 0. The fourth-order valence-electron chi connectivity index (χ4n) is 8.00. The molecule has 0 bridgehead atoms. The molecule has 0 spiro atoms. The van der Waals surface area contributed by atoms with Crippen LogP contribution in [0.2, 0.25) is 0 Å². The number of rotatable bonds is 3. The highest BCUT2D eigenvalue weighted by molar-refractivity contribution is 6.22. The first-order valence-electron chi connectivity index (χ1n) is 16.9. The first kappa shape index (κ1) is 28.2. The van der Waals surface area contributed by atoms with Gasteiger partial charge in [-0.2, -0.15) is 5.26 Å². The summed E-state index contributed by atoms with van der Waals surface area (Å²) >= 11 is 0. The molecule has 2 heteroatoms. The van der Waals surface area contributed by atoms with E-state index in [4.69, 9.17) is 4.98 Å². The standard InChI is InChI=1S/C48H28N2/c49-29-32-15-3-6-18-35(32)44-28-47(45-26-31-14-2-5-17-34(31)37-20-8-10-22-39(37)45)50-48-41-24-12-11-23-40(41)43(27-46(44)48)42-25-30-13-1-4-16-33(30)36-19-7-9-21-38(36)42/h1-28H. The van der Waals surface area contributed by atoms with Gasteiger partial charge < -0.3 is 0 Å². The summed E-state index contributed by atoms with van der Waals surface area (Å²) in [4.78, 5) is 5.54. The summed E-state index contributed by atoms with van der Waals surface area (Å²) in [5, 5.41) is 23.2. The zero-order valence-corrected chi connectivity index (χ0v) is 27.1. The van der Waals surface area contributed by atoms with E-state index in [0.29, 0.717) is 5.56 Å². The van der Waals surface area contributed by atoms with E-state index in [2.05, 4.69) is 158 Å². The van der Waals surface area contributed by atoms with Gasteiger partial charge in [-0.05, 0) is 95.5 Å². The SMILES string of the molecule is N#Cc1ccccc1-c1cc(-c2cc3ccccc3c3ccccc23)nc2c1cc(-c1cc3ccccc3c3ccccc13)c1ccccc12. The van der Waals surface area contributed by atoms with E-state index in [1.165, 1.54) is 43.3 Å². The molecule has 0 fully saturated rings. The Morgan fingerprint density at radius 3 is 1.42 bits per heavy atom. The number of nitriles is 1. The average Bonchev–Trinajstić information content (AvgIpc) is 3.19. The lowest BCUT2D eigenvalue weighted by molar-refractivity contribution is 1.41. The van der Waals surface area contributed by atoms with E-state index in [1.807, 2.05) is 18.2 Å². The van der Waals surface area contributed by atoms with Crippen LogP contribution in [0.5, 0.6) is 0 Å². The zero-order valence-electron chi connectivity index (χ0n) is 27.1. The minimum absolute atomic E-state index is 0.639. The maximum Gasteiger partial charge on any atom is 0.0998 e. The van der Waals surface area contributed by atoms with Crippen LogP contribution >= 0.6 is 0 Å². The normalized spacial score (nSPS) is 11.6. The Bertz CT molecular complexity index is 3060. The Morgan fingerprint density at radius 1 is 0.340 bits per heavy atom. The van der Waals surface area contributed by atoms with E-state index >= 15 is 0 Å². The molecular formula is C48H28N2. The second-order valence-electron chi connectivity index (χ2n) is 13.0. The van der Waals surface area contributed by atoms with Gasteiger partial charge in [0, 0.05) is 21.9 Å². The lowest BCUT2D eigenvalue weighted by atomic mass is 9.87. The van der Waals surface area contributed by atoms with Crippen LogP contribution in [0.1, 0.15) is 5.56 Å². The van der Waals surface area contributed by atoms with Gasteiger partial charge >= 0.3 is 0 Å². The number of hydrogen-bond acceptors (Lipinski definition) is 2. The quantitative estimate of drug-likeness (QED) is 0.182. The average molecular weight is 633 g/mol. The minimum atomic E-state index is 0.639. The van der Waals surface area contributed by atoms with Gasteiger partial charge in [-0.15, -0.1) is 0 Å². The predicted molar refractivity (Wildman–Crippen MR) is 210 cm³/mol. The Morgan fingerprint density at radius 2 is 0.780 bits per heavy atom. The van der Waals surface area contributed by atoms with E-state index in [-0.39, 0.29) is 0 Å². The molecule has 1 aromatic heterocycles. The minimum Gasteiger partial charge on any atom is -0.247 e. The molecule has 50 heavy (non-hydrogen) atoms. The third-order valence-corrected chi connectivity index (χ3v) is 10.3. The molecule has 0 aliphatic rings. The Kier molecular flexibility index (Phi) is 6.28. The maximum absolute atomic E-state index is 10.4. The molecule has 0 atom stereocenters. The van der Waals surface area contributed by atoms with Gasteiger partial charge in [0.1, 0.15) is 0 Å². The molecule has 230 valence electrons. The van der Waals surface area contributed by atoms with Gasteiger partial charge in [0.05, 0.1) is 22.8 Å². The van der Waals surface area contributed by atoms with Crippen molar-refractivity contribution in [3.05, 3.63) is 175 Å². The van der Waals surface area contributed by atoms with Crippen LogP contribution in [0, 0.1) is 11.3 Å². The second-order valence-corrected chi connectivity index (χ2v) is 13.0. The zero-order chi connectivity index (χ0) is 33.2. The lowest BCUT2D eigenvalue weighted by Gasteiger charge is -2.18. The smallest absolute Gasteiger partial charge is 0.0998 e. The van der Waals surface area contributed by atoms with Crippen molar-refractivity contribution in [1.29, 1.82) is 5.26 Å². The van der Waals surface area contributed by atoms with Crippen LogP contribution in [-0.2, 0) is 0 Å². The third kappa shape index (κ3) is 4.24. The highest BCUT2D eigenvalue weighted by Gasteiger charge is 2.20. The van der Waals surface area contributed by atoms with Gasteiger partial charge in [0.25, 0.3) is 0 Å². The van der Waals surface area contributed by atoms with Crippen molar-refractivity contribution < 1.29 is 0 Å². The monoisotopic (exact) mass is 632 g/mol. The molecule has 0 radical (unpaired) electrons. The molecule has 0 saturated heterocycles. The van der Waals surface area contributed by atoms with Gasteiger partial charge in [0.15, 0.2) is 0 Å². The van der Waals surface area contributed by atoms with E-state index in [1.54, 1.807) is 0 Å². The van der Waals surface area contributed by atoms with Crippen LogP contribution in [0.3, 0.4) is 0 Å². The third-order valence-electron chi connectivity index (χ3n) is 10.3. The molecule has 10 rings (SSSR count). The molecular weight excluding hydrogens is 605 g/mol.